The van der Waals surface area contributed by atoms with E-state index in [0.717, 1.165) is 29.3 Å². The molecule has 1 saturated heterocycles. The summed E-state index contributed by atoms with van der Waals surface area (Å²) in [6.07, 6.45) is 6.03. The average molecular weight is 228 g/mol. The number of H-pyrrole nitrogens is 1. The molecule has 2 aromatic rings. The van der Waals surface area contributed by atoms with Gasteiger partial charge in [-0.15, -0.1) is 0 Å². The summed E-state index contributed by atoms with van der Waals surface area (Å²) >= 11 is 0. The molecule has 4 nitrogen and oxygen atoms in total. The third-order valence-corrected chi connectivity index (χ3v) is 3.23. The van der Waals surface area contributed by atoms with Crippen LogP contribution in [0.25, 0.3) is 11.3 Å². The van der Waals surface area contributed by atoms with E-state index in [2.05, 4.69) is 22.2 Å². The quantitative estimate of drug-likeness (QED) is 0.828. The van der Waals surface area contributed by atoms with Crippen LogP contribution in [0.2, 0.25) is 0 Å². The molecule has 3 rings (SSSR count). The van der Waals surface area contributed by atoms with Gasteiger partial charge in [0.15, 0.2) is 0 Å². The van der Waals surface area contributed by atoms with Gasteiger partial charge in [0.25, 0.3) is 0 Å². The summed E-state index contributed by atoms with van der Waals surface area (Å²) < 4.78 is 0. The van der Waals surface area contributed by atoms with E-state index >= 15 is 0 Å². The van der Waals surface area contributed by atoms with E-state index in [-0.39, 0.29) is 0 Å². The predicted molar refractivity (Wildman–Crippen MR) is 66.5 cm³/mol. The number of aromatic nitrogens is 3. The second-order valence-corrected chi connectivity index (χ2v) is 4.49. The summed E-state index contributed by atoms with van der Waals surface area (Å²) in [5.41, 5.74) is 3.20. The highest BCUT2D eigenvalue weighted by Gasteiger charge is 2.20. The maximum Gasteiger partial charge on any atom is 0.124 e. The summed E-state index contributed by atoms with van der Waals surface area (Å²) in [5.74, 6) is 1.05. The molecule has 0 amide bonds. The highest BCUT2D eigenvalue weighted by atomic mass is 15.0. The van der Waals surface area contributed by atoms with Gasteiger partial charge in [0, 0.05) is 23.7 Å². The Bertz CT molecular complexity index is 497. The van der Waals surface area contributed by atoms with Crippen molar-refractivity contribution in [3.8, 4) is 11.3 Å². The van der Waals surface area contributed by atoms with Gasteiger partial charge in [0.05, 0.1) is 11.7 Å². The number of aryl methyl sites for hydroxylation is 1. The van der Waals surface area contributed by atoms with Gasteiger partial charge < -0.3 is 10.3 Å². The van der Waals surface area contributed by atoms with E-state index in [1.165, 1.54) is 12.8 Å². The van der Waals surface area contributed by atoms with Crippen LogP contribution >= 0.6 is 0 Å². The van der Waals surface area contributed by atoms with Gasteiger partial charge in [-0.2, -0.15) is 0 Å². The molecule has 1 aliphatic heterocycles. The van der Waals surface area contributed by atoms with Crippen molar-refractivity contribution in [2.75, 3.05) is 6.54 Å². The number of aromatic amines is 1. The van der Waals surface area contributed by atoms with Crippen LogP contribution in [-0.2, 0) is 0 Å². The van der Waals surface area contributed by atoms with Gasteiger partial charge in [-0.1, -0.05) is 0 Å². The lowest BCUT2D eigenvalue weighted by Crippen LogP contribution is -2.14. The van der Waals surface area contributed by atoms with E-state index in [1.54, 1.807) is 6.20 Å². The molecule has 1 unspecified atom stereocenters. The molecule has 2 aromatic heterocycles. The summed E-state index contributed by atoms with van der Waals surface area (Å²) in [7, 11) is 0. The molecular weight excluding hydrogens is 212 g/mol. The first-order valence-corrected chi connectivity index (χ1v) is 6.05. The minimum atomic E-state index is 0.388. The number of hydrogen-bond acceptors (Lipinski definition) is 3. The molecular formula is C13H16N4. The van der Waals surface area contributed by atoms with Crippen LogP contribution in [0.15, 0.2) is 24.5 Å². The summed E-state index contributed by atoms with van der Waals surface area (Å²) in [4.78, 5) is 12.2. The first kappa shape index (κ1) is 10.5. The molecule has 1 aliphatic rings. The summed E-state index contributed by atoms with van der Waals surface area (Å²) in [6.45, 7) is 3.15. The maximum absolute atomic E-state index is 4.70. The fraction of sp³-hybridized carbons (Fsp3) is 0.385. The van der Waals surface area contributed by atoms with Crippen molar-refractivity contribution < 1.29 is 0 Å². The van der Waals surface area contributed by atoms with Crippen molar-refractivity contribution in [2.24, 2.45) is 0 Å². The molecule has 2 N–H and O–H groups in total. The summed E-state index contributed by atoms with van der Waals surface area (Å²) in [6, 6.07) is 4.37. The molecule has 0 aromatic carbocycles. The Morgan fingerprint density at radius 3 is 3.06 bits per heavy atom. The fourth-order valence-electron chi connectivity index (χ4n) is 2.35. The van der Waals surface area contributed by atoms with Gasteiger partial charge in [-0.25, -0.2) is 4.98 Å². The van der Waals surface area contributed by atoms with E-state index in [0.29, 0.717) is 6.04 Å². The number of imidazole rings is 1. The van der Waals surface area contributed by atoms with Crippen molar-refractivity contribution in [3.05, 3.63) is 36.0 Å². The highest BCUT2D eigenvalue weighted by molar-refractivity contribution is 5.60. The van der Waals surface area contributed by atoms with Gasteiger partial charge in [0.2, 0.25) is 0 Å². The van der Waals surface area contributed by atoms with E-state index in [9.17, 15) is 0 Å². The average Bonchev–Trinajstić information content (AvgIpc) is 2.99. The number of pyridine rings is 1. The molecule has 0 spiro atoms. The number of rotatable bonds is 2. The molecule has 1 fully saturated rings. The lowest BCUT2D eigenvalue weighted by Gasteiger charge is -2.04. The van der Waals surface area contributed by atoms with Crippen molar-refractivity contribution in [3.63, 3.8) is 0 Å². The van der Waals surface area contributed by atoms with E-state index in [1.807, 2.05) is 18.3 Å². The molecule has 0 radical (unpaired) electrons. The Hall–Kier alpha value is -1.68. The second-order valence-electron chi connectivity index (χ2n) is 4.49. The van der Waals surface area contributed by atoms with Crippen LogP contribution in [0.1, 0.15) is 30.4 Å². The largest absolute Gasteiger partial charge is 0.344 e. The zero-order chi connectivity index (χ0) is 11.7. The number of hydrogen-bond donors (Lipinski definition) is 2. The molecule has 0 aliphatic carbocycles. The number of nitrogens with one attached hydrogen (secondary N) is 2. The van der Waals surface area contributed by atoms with Crippen LogP contribution in [0.3, 0.4) is 0 Å². The summed E-state index contributed by atoms with van der Waals surface area (Å²) in [5, 5.41) is 3.46. The third-order valence-electron chi connectivity index (χ3n) is 3.23. The highest BCUT2D eigenvalue weighted by Crippen LogP contribution is 2.26. The van der Waals surface area contributed by atoms with Crippen LogP contribution in [0.4, 0.5) is 0 Å². The smallest absolute Gasteiger partial charge is 0.124 e. The van der Waals surface area contributed by atoms with Crippen LogP contribution in [0, 0.1) is 6.92 Å². The van der Waals surface area contributed by atoms with Gasteiger partial charge in [0.1, 0.15) is 5.82 Å². The SMILES string of the molecule is Cc1[nH]c(C2CCCN2)nc1-c1cccnc1. The molecule has 88 valence electrons. The van der Waals surface area contributed by atoms with Crippen LogP contribution < -0.4 is 5.32 Å². The van der Waals surface area contributed by atoms with Crippen LogP contribution in [-0.4, -0.2) is 21.5 Å². The first-order chi connectivity index (χ1) is 8.34. The Balaban J connectivity index is 1.96. The Labute approximate surface area is 101 Å². The van der Waals surface area contributed by atoms with Crippen molar-refractivity contribution >= 4 is 0 Å². The molecule has 4 heteroatoms. The maximum atomic E-state index is 4.70. The Morgan fingerprint density at radius 2 is 2.35 bits per heavy atom. The minimum Gasteiger partial charge on any atom is -0.344 e. The minimum absolute atomic E-state index is 0.388. The molecule has 0 saturated carbocycles. The van der Waals surface area contributed by atoms with Crippen molar-refractivity contribution in [1.82, 2.24) is 20.3 Å². The normalized spacial score (nSPS) is 19.7. The van der Waals surface area contributed by atoms with Crippen LogP contribution in [0.5, 0.6) is 0 Å². The second kappa shape index (κ2) is 4.30. The first-order valence-electron chi connectivity index (χ1n) is 6.05. The Morgan fingerprint density at radius 1 is 1.41 bits per heavy atom. The zero-order valence-electron chi connectivity index (χ0n) is 9.90. The Kier molecular flexibility index (Phi) is 2.65. The third kappa shape index (κ3) is 1.96. The molecule has 3 heterocycles. The standard InChI is InChI=1S/C13H16N4/c1-9-12(10-4-2-6-14-8-10)17-13(16-9)11-5-3-7-15-11/h2,4,6,8,11,15H,3,5,7H2,1H3,(H,16,17). The van der Waals surface area contributed by atoms with E-state index in [4.69, 9.17) is 4.98 Å². The molecule has 0 bridgehead atoms. The monoisotopic (exact) mass is 228 g/mol. The predicted octanol–water partition coefficient (Wildman–Crippen LogP) is 2.20. The fourth-order valence-corrected chi connectivity index (χ4v) is 2.35. The van der Waals surface area contributed by atoms with Crippen molar-refractivity contribution in [1.29, 1.82) is 0 Å². The van der Waals surface area contributed by atoms with Gasteiger partial charge in [-0.3, -0.25) is 4.98 Å². The van der Waals surface area contributed by atoms with Crippen molar-refractivity contribution in [2.45, 2.75) is 25.8 Å². The van der Waals surface area contributed by atoms with E-state index < -0.39 is 0 Å². The van der Waals surface area contributed by atoms with Gasteiger partial charge >= 0.3 is 0 Å². The molecule has 1 atom stereocenters. The lowest BCUT2D eigenvalue weighted by molar-refractivity contribution is 0.612. The lowest BCUT2D eigenvalue weighted by atomic mass is 10.2. The topological polar surface area (TPSA) is 53.6 Å². The zero-order valence-corrected chi connectivity index (χ0v) is 9.90. The number of nitrogens with zero attached hydrogens (tertiary/aromatic N) is 2. The van der Waals surface area contributed by atoms with Gasteiger partial charge in [-0.05, 0) is 38.4 Å². The molecule has 17 heavy (non-hydrogen) atoms.